The minimum absolute atomic E-state index is 0.0121. The fraction of sp³-hybridized carbons (Fsp3) is 0.500. The van der Waals surface area contributed by atoms with Gasteiger partial charge in [0.25, 0.3) is 5.91 Å². The summed E-state index contributed by atoms with van der Waals surface area (Å²) in [6.07, 6.45) is -7.99. The maximum atomic E-state index is 13.2. The van der Waals surface area contributed by atoms with E-state index in [-0.39, 0.29) is 25.1 Å². The molecule has 0 aliphatic rings. The van der Waals surface area contributed by atoms with E-state index in [1.165, 1.54) is 4.90 Å². The topological polar surface area (TPSA) is 45.6 Å². The Labute approximate surface area is 200 Å². The van der Waals surface area contributed by atoms with Crippen LogP contribution in [0.1, 0.15) is 54.4 Å². The summed E-state index contributed by atoms with van der Waals surface area (Å²) in [5.74, 6) is -1.43. The minimum atomic E-state index is -5.08. The average molecular weight is 506 g/mol. The first kappa shape index (κ1) is 28.3. The van der Waals surface area contributed by atoms with Crippen molar-refractivity contribution in [3.8, 4) is 0 Å². The Hall–Kier alpha value is -2.98. The van der Waals surface area contributed by atoms with E-state index in [1.54, 1.807) is 6.92 Å². The highest BCUT2D eigenvalue weighted by Crippen LogP contribution is 2.36. The fourth-order valence-electron chi connectivity index (χ4n) is 3.60. The Balaban J connectivity index is 2.37. The lowest BCUT2D eigenvalue weighted by Gasteiger charge is -2.29. The van der Waals surface area contributed by atoms with Gasteiger partial charge in [0.1, 0.15) is 6.54 Å². The Morgan fingerprint density at radius 2 is 1.54 bits per heavy atom. The van der Waals surface area contributed by atoms with Crippen molar-refractivity contribution in [1.82, 2.24) is 14.4 Å². The lowest BCUT2D eigenvalue weighted by atomic mass is 10.0. The molecule has 5 nitrogen and oxygen atoms in total. The van der Waals surface area contributed by atoms with E-state index >= 15 is 0 Å². The van der Waals surface area contributed by atoms with E-state index in [1.807, 2.05) is 43.8 Å². The third-order valence-corrected chi connectivity index (χ3v) is 5.28. The van der Waals surface area contributed by atoms with Gasteiger partial charge in [-0.05, 0) is 42.7 Å². The van der Waals surface area contributed by atoms with Crippen LogP contribution in [-0.2, 0) is 30.7 Å². The quantitative estimate of drug-likeness (QED) is 0.417. The number of rotatable bonds is 9. The van der Waals surface area contributed by atoms with Crippen LogP contribution in [0.4, 0.5) is 26.3 Å². The van der Waals surface area contributed by atoms with Gasteiger partial charge in [-0.25, -0.2) is 0 Å². The number of aryl methyl sites for hydroxylation is 1. The first-order valence-electron chi connectivity index (χ1n) is 11.1. The molecule has 0 saturated carbocycles. The van der Waals surface area contributed by atoms with Gasteiger partial charge < -0.3 is 14.4 Å². The molecule has 2 rings (SSSR count). The number of benzene rings is 1. The molecule has 0 aliphatic heterocycles. The van der Waals surface area contributed by atoms with Crippen LogP contribution in [0.15, 0.2) is 36.5 Å². The molecule has 0 bridgehead atoms. The number of aromatic nitrogens is 1. The van der Waals surface area contributed by atoms with Gasteiger partial charge in [-0.1, -0.05) is 20.8 Å². The SMILES string of the molecule is CCCN(CC(=O)N(Cc1cccn1C)CC(C)C)C(=O)c1cc(C(F)(F)F)cc(C(F)(F)F)c1. The second kappa shape index (κ2) is 11.2. The van der Waals surface area contributed by atoms with Crippen molar-refractivity contribution in [2.75, 3.05) is 19.6 Å². The molecule has 35 heavy (non-hydrogen) atoms. The van der Waals surface area contributed by atoms with Crippen LogP contribution in [0, 0.1) is 5.92 Å². The third kappa shape index (κ3) is 7.76. The number of amides is 2. The van der Waals surface area contributed by atoms with Gasteiger partial charge in [-0.2, -0.15) is 26.3 Å². The normalized spacial score (nSPS) is 12.2. The van der Waals surface area contributed by atoms with Gasteiger partial charge in [0.2, 0.25) is 5.91 Å². The van der Waals surface area contributed by atoms with Gasteiger partial charge in [0.15, 0.2) is 0 Å². The second-order valence-electron chi connectivity index (χ2n) is 8.80. The summed E-state index contributed by atoms with van der Waals surface area (Å²) >= 11 is 0. The molecule has 0 saturated heterocycles. The molecule has 2 aromatic rings. The number of nitrogens with zero attached hydrogens (tertiary/aromatic N) is 3. The fourth-order valence-corrected chi connectivity index (χ4v) is 3.60. The van der Waals surface area contributed by atoms with Gasteiger partial charge in [0, 0.05) is 37.6 Å². The molecule has 194 valence electrons. The summed E-state index contributed by atoms with van der Waals surface area (Å²) < 4.78 is 81.3. The molecule has 0 unspecified atom stereocenters. The number of hydrogen-bond donors (Lipinski definition) is 0. The lowest BCUT2D eigenvalue weighted by Crippen LogP contribution is -2.44. The van der Waals surface area contributed by atoms with E-state index in [2.05, 4.69) is 0 Å². The molecular formula is C24H29F6N3O2. The van der Waals surface area contributed by atoms with Crippen molar-refractivity contribution in [2.45, 2.75) is 46.1 Å². The predicted octanol–water partition coefficient (Wildman–Crippen LogP) is 5.60. The largest absolute Gasteiger partial charge is 0.416 e. The molecule has 11 heteroatoms. The van der Waals surface area contributed by atoms with Gasteiger partial charge >= 0.3 is 12.4 Å². The van der Waals surface area contributed by atoms with E-state index in [0.29, 0.717) is 25.1 Å². The van der Waals surface area contributed by atoms with E-state index in [9.17, 15) is 35.9 Å². The summed E-state index contributed by atoms with van der Waals surface area (Å²) in [5, 5.41) is 0. The number of alkyl halides is 6. The number of carbonyl (C=O) groups is 2. The molecular weight excluding hydrogens is 476 g/mol. The highest BCUT2D eigenvalue weighted by atomic mass is 19.4. The van der Waals surface area contributed by atoms with Crippen LogP contribution in [0.3, 0.4) is 0 Å². The van der Waals surface area contributed by atoms with Crippen LogP contribution in [0.2, 0.25) is 0 Å². The van der Waals surface area contributed by atoms with Crippen molar-refractivity contribution >= 4 is 11.8 Å². The first-order chi connectivity index (χ1) is 16.1. The van der Waals surface area contributed by atoms with E-state index < -0.39 is 47.4 Å². The zero-order valence-electron chi connectivity index (χ0n) is 20.0. The van der Waals surface area contributed by atoms with Gasteiger partial charge in [-0.15, -0.1) is 0 Å². The number of halogens is 6. The number of carbonyl (C=O) groups excluding carboxylic acids is 2. The average Bonchev–Trinajstić information content (AvgIpc) is 3.14. The summed E-state index contributed by atoms with van der Waals surface area (Å²) in [6, 6.07) is 4.39. The molecule has 1 heterocycles. The summed E-state index contributed by atoms with van der Waals surface area (Å²) in [6.45, 7) is 5.62. The summed E-state index contributed by atoms with van der Waals surface area (Å²) in [5.41, 5.74) is -3.10. The molecule has 0 aliphatic carbocycles. The predicted molar refractivity (Wildman–Crippen MR) is 118 cm³/mol. The van der Waals surface area contributed by atoms with Crippen molar-refractivity contribution in [1.29, 1.82) is 0 Å². The van der Waals surface area contributed by atoms with Crippen LogP contribution in [-0.4, -0.2) is 45.8 Å². The monoisotopic (exact) mass is 505 g/mol. The molecule has 1 aromatic carbocycles. The standard InChI is InChI=1S/C24H29F6N3O2/c1-5-8-32(15-21(34)33(13-16(2)3)14-20-7-6-9-31(20)4)22(35)17-10-18(23(25,26)27)12-19(11-17)24(28,29)30/h6-7,9-12,16H,5,8,13-15H2,1-4H3. The van der Waals surface area contributed by atoms with Crippen LogP contribution in [0.5, 0.6) is 0 Å². The van der Waals surface area contributed by atoms with Crippen LogP contribution < -0.4 is 0 Å². The minimum Gasteiger partial charge on any atom is -0.353 e. The zero-order chi connectivity index (χ0) is 26.6. The van der Waals surface area contributed by atoms with E-state index in [0.717, 1.165) is 10.6 Å². The van der Waals surface area contributed by atoms with Crippen LogP contribution in [0.25, 0.3) is 0 Å². The lowest BCUT2D eigenvalue weighted by molar-refractivity contribution is -0.143. The third-order valence-electron chi connectivity index (χ3n) is 5.28. The number of hydrogen-bond acceptors (Lipinski definition) is 2. The Morgan fingerprint density at radius 3 is 1.97 bits per heavy atom. The van der Waals surface area contributed by atoms with E-state index in [4.69, 9.17) is 0 Å². The highest BCUT2D eigenvalue weighted by molar-refractivity contribution is 5.97. The Kier molecular flexibility index (Phi) is 9.02. The smallest absolute Gasteiger partial charge is 0.353 e. The molecule has 2 amide bonds. The van der Waals surface area contributed by atoms with Crippen molar-refractivity contribution < 1.29 is 35.9 Å². The first-order valence-corrected chi connectivity index (χ1v) is 11.1. The summed E-state index contributed by atoms with van der Waals surface area (Å²) in [7, 11) is 1.81. The molecule has 0 N–H and O–H groups in total. The Bertz CT molecular complexity index is 995. The summed E-state index contributed by atoms with van der Waals surface area (Å²) in [4.78, 5) is 28.7. The molecule has 0 fully saturated rings. The molecule has 0 radical (unpaired) electrons. The maximum Gasteiger partial charge on any atom is 0.416 e. The Morgan fingerprint density at radius 1 is 0.971 bits per heavy atom. The second-order valence-corrected chi connectivity index (χ2v) is 8.80. The van der Waals surface area contributed by atoms with Gasteiger partial charge in [0.05, 0.1) is 17.7 Å². The zero-order valence-corrected chi connectivity index (χ0v) is 20.0. The molecule has 1 aromatic heterocycles. The van der Waals surface area contributed by atoms with Crippen molar-refractivity contribution in [2.24, 2.45) is 13.0 Å². The molecule has 0 atom stereocenters. The van der Waals surface area contributed by atoms with Crippen molar-refractivity contribution in [3.63, 3.8) is 0 Å². The van der Waals surface area contributed by atoms with Crippen molar-refractivity contribution in [3.05, 3.63) is 58.9 Å². The van der Waals surface area contributed by atoms with Crippen LogP contribution >= 0.6 is 0 Å². The maximum absolute atomic E-state index is 13.2. The highest BCUT2D eigenvalue weighted by Gasteiger charge is 2.38. The van der Waals surface area contributed by atoms with Gasteiger partial charge in [-0.3, -0.25) is 9.59 Å². The molecule has 0 spiro atoms.